The molecule has 1 aliphatic carbocycles. The molecule has 0 bridgehead atoms. The molecule has 0 radical (unpaired) electrons. The van der Waals surface area contributed by atoms with Gasteiger partial charge in [-0.2, -0.15) is 0 Å². The van der Waals surface area contributed by atoms with Crippen LogP contribution in [0.3, 0.4) is 0 Å². The minimum atomic E-state index is 0.0113. The highest BCUT2D eigenvalue weighted by Gasteiger charge is 2.20. The van der Waals surface area contributed by atoms with E-state index in [9.17, 15) is 4.79 Å². The SMILES string of the molecule is CC(SCCCO)C(=O)NC1CCCC1. The van der Waals surface area contributed by atoms with E-state index < -0.39 is 0 Å². The Kier molecular flexibility index (Phi) is 6.10. The van der Waals surface area contributed by atoms with E-state index in [0.29, 0.717) is 6.04 Å². The van der Waals surface area contributed by atoms with Gasteiger partial charge in [-0.25, -0.2) is 0 Å². The minimum absolute atomic E-state index is 0.0113. The zero-order valence-corrected chi connectivity index (χ0v) is 10.2. The first-order valence-corrected chi connectivity index (χ1v) is 6.81. The Balaban J connectivity index is 2.14. The van der Waals surface area contributed by atoms with Crippen LogP contribution >= 0.6 is 11.8 Å². The molecule has 88 valence electrons. The maximum absolute atomic E-state index is 11.7. The summed E-state index contributed by atoms with van der Waals surface area (Å²) in [6.45, 7) is 2.15. The van der Waals surface area contributed by atoms with Crippen LogP contribution in [0.4, 0.5) is 0 Å². The number of rotatable bonds is 6. The van der Waals surface area contributed by atoms with Crippen molar-refractivity contribution in [3.8, 4) is 0 Å². The highest BCUT2D eigenvalue weighted by molar-refractivity contribution is 8.00. The van der Waals surface area contributed by atoms with Gasteiger partial charge in [0.1, 0.15) is 0 Å². The Morgan fingerprint density at radius 1 is 1.53 bits per heavy atom. The zero-order chi connectivity index (χ0) is 11.1. The molecule has 2 N–H and O–H groups in total. The smallest absolute Gasteiger partial charge is 0.233 e. The van der Waals surface area contributed by atoms with Crippen molar-refractivity contribution in [3.63, 3.8) is 0 Å². The van der Waals surface area contributed by atoms with Gasteiger partial charge in [0.2, 0.25) is 5.91 Å². The van der Waals surface area contributed by atoms with Gasteiger partial charge in [0.05, 0.1) is 5.25 Å². The molecule has 3 nitrogen and oxygen atoms in total. The van der Waals surface area contributed by atoms with Crippen molar-refractivity contribution < 1.29 is 9.90 Å². The second-order valence-corrected chi connectivity index (χ2v) is 5.53. The fourth-order valence-corrected chi connectivity index (χ4v) is 2.66. The minimum Gasteiger partial charge on any atom is -0.396 e. The lowest BCUT2D eigenvalue weighted by Crippen LogP contribution is -2.37. The second kappa shape index (κ2) is 7.12. The number of carbonyl (C=O) groups excluding carboxylic acids is 1. The summed E-state index contributed by atoms with van der Waals surface area (Å²) in [7, 11) is 0. The summed E-state index contributed by atoms with van der Waals surface area (Å²) < 4.78 is 0. The Labute approximate surface area is 96.0 Å². The van der Waals surface area contributed by atoms with Crippen LogP contribution in [-0.2, 0) is 4.79 Å². The Hall–Kier alpha value is -0.220. The first-order chi connectivity index (χ1) is 7.24. The van der Waals surface area contributed by atoms with E-state index in [2.05, 4.69) is 5.32 Å². The standard InChI is InChI=1S/C11H21NO2S/c1-9(15-8-4-7-13)11(14)12-10-5-2-3-6-10/h9-10,13H,2-8H2,1H3,(H,12,14). The molecule has 1 rings (SSSR count). The van der Waals surface area contributed by atoms with Crippen LogP contribution < -0.4 is 5.32 Å². The highest BCUT2D eigenvalue weighted by Crippen LogP contribution is 2.19. The number of aliphatic hydroxyl groups is 1. The van der Waals surface area contributed by atoms with Gasteiger partial charge in [-0.3, -0.25) is 4.79 Å². The Bertz CT molecular complexity index is 193. The maximum atomic E-state index is 11.7. The summed E-state index contributed by atoms with van der Waals surface area (Å²) in [4.78, 5) is 11.7. The molecule has 1 unspecified atom stereocenters. The topological polar surface area (TPSA) is 49.3 Å². The van der Waals surface area contributed by atoms with Gasteiger partial charge in [0, 0.05) is 12.6 Å². The summed E-state index contributed by atoms with van der Waals surface area (Å²) in [5, 5.41) is 11.7. The summed E-state index contributed by atoms with van der Waals surface area (Å²) in [5.74, 6) is 1.01. The molecule has 1 saturated carbocycles. The molecular formula is C11H21NO2S. The van der Waals surface area contributed by atoms with Gasteiger partial charge in [-0.05, 0) is 31.9 Å². The highest BCUT2D eigenvalue weighted by atomic mass is 32.2. The fraction of sp³-hybridized carbons (Fsp3) is 0.909. The number of thioether (sulfide) groups is 1. The number of carbonyl (C=O) groups is 1. The molecule has 0 spiro atoms. The van der Waals surface area contributed by atoms with Gasteiger partial charge in [0.25, 0.3) is 0 Å². The van der Waals surface area contributed by atoms with Crippen LogP contribution in [0.15, 0.2) is 0 Å². The van der Waals surface area contributed by atoms with Crippen molar-refractivity contribution in [3.05, 3.63) is 0 Å². The average molecular weight is 231 g/mol. The molecule has 1 aliphatic rings. The first kappa shape index (κ1) is 12.8. The lowest BCUT2D eigenvalue weighted by atomic mass is 10.2. The third-order valence-corrected chi connectivity index (χ3v) is 3.98. The normalized spacial score (nSPS) is 19.1. The molecular weight excluding hydrogens is 210 g/mol. The van der Waals surface area contributed by atoms with Crippen LogP contribution in [0.2, 0.25) is 0 Å². The Morgan fingerprint density at radius 3 is 2.80 bits per heavy atom. The molecule has 4 heteroatoms. The largest absolute Gasteiger partial charge is 0.396 e. The number of hydrogen-bond acceptors (Lipinski definition) is 3. The predicted octanol–water partition coefficient (Wildman–Crippen LogP) is 1.55. The molecule has 0 aromatic carbocycles. The van der Waals surface area contributed by atoms with E-state index >= 15 is 0 Å². The molecule has 1 amide bonds. The summed E-state index contributed by atoms with van der Waals surface area (Å²) in [6, 6.07) is 0.415. The average Bonchev–Trinajstić information content (AvgIpc) is 2.70. The van der Waals surface area contributed by atoms with Crippen LogP contribution in [-0.4, -0.2) is 34.7 Å². The van der Waals surface area contributed by atoms with Crippen LogP contribution in [0.25, 0.3) is 0 Å². The van der Waals surface area contributed by atoms with E-state index in [1.165, 1.54) is 12.8 Å². The molecule has 0 aromatic rings. The lowest BCUT2D eigenvalue weighted by molar-refractivity contribution is -0.120. The van der Waals surface area contributed by atoms with E-state index in [-0.39, 0.29) is 17.8 Å². The molecule has 0 saturated heterocycles. The monoisotopic (exact) mass is 231 g/mol. The molecule has 1 fully saturated rings. The van der Waals surface area contributed by atoms with E-state index in [1.54, 1.807) is 11.8 Å². The number of amides is 1. The predicted molar refractivity (Wildman–Crippen MR) is 64.0 cm³/mol. The van der Waals surface area contributed by atoms with E-state index in [1.807, 2.05) is 6.92 Å². The fourth-order valence-electron chi connectivity index (χ4n) is 1.79. The van der Waals surface area contributed by atoms with E-state index in [4.69, 9.17) is 5.11 Å². The van der Waals surface area contributed by atoms with Gasteiger partial charge in [-0.15, -0.1) is 11.8 Å². The molecule has 0 aliphatic heterocycles. The number of nitrogens with one attached hydrogen (secondary N) is 1. The summed E-state index contributed by atoms with van der Waals surface area (Å²) in [6.07, 6.45) is 5.54. The van der Waals surface area contributed by atoms with Crippen molar-refractivity contribution >= 4 is 17.7 Å². The third kappa shape index (κ3) is 4.89. The molecule has 0 aromatic heterocycles. The van der Waals surface area contributed by atoms with Gasteiger partial charge in [-0.1, -0.05) is 12.8 Å². The van der Waals surface area contributed by atoms with Crippen molar-refractivity contribution in [2.24, 2.45) is 0 Å². The van der Waals surface area contributed by atoms with Gasteiger partial charge >= 0.3 is 0 Å². The quantitative estimate of drug-likeness (QED) is 0.682. The molecule has 15 heavy (non-hydrogen) atoms. The summed E-state index contributed by atoms with van der Waals surface area (Å²) in [5.41, 5.74) is 0. The second-order valence-electron chi connectivity index (χ2n) is 4.08. The van der Waals surface area contributed by atoms with Gasteiger partial charge in [0.15, 0.2) is 0 Å². The molecule has 0 heterocycles. The van der Waals surface area contributed by atoms with Crippen molar-refractivity contribution in [1.29, 1.82) is 0 Å². The van der Waals surface area contributed by atoms with Crippen LogP contribution in [0.1, 0.15) is 39.0 Å². The molecule has 1 atom stereocenters. The van der Waals surface area contributed by atoms with Crippen molar-refractivity contribution in [2.45, 2.75) is 50.3 Å². The third-order valence-electron chi connectivity index (χ3n) is 2.74. The van der Waals surface area contributed by atoms with Crippen LogP contribution in [0.5, 0.6) is 0 Å². The number of aliphatic hydroxyl groups excluding tert-OH is 1. The first-order valence-electron chi connectivity index (χ1n) is 5.77. The lowest BCUT2D eigenvalue weighted by Gasteiger charge is -2.16. The summed E-state index contributed by atoms with van der Waals surface area (Å²) >= 11 is 1.62. The Morgan fingerprint density at radius 2 is 2.20 bits per heavy atom. The van der Waals surface area contributed by atoms with Crippen molar-refractivity contribution in [2.75, 3.05) is 12.4 Å². The van der Waals surface area contributed by atoms with E-state index in [0.717, 1.165) is 25.0 Å². The maximum Gasteiger partial charge on any atom is 0.233 e. The number of hydrogen-bond donors (Lipinski definition) is 2. The van der Waals surface area contributed by atoms with Gasteiger partial charge < -0.3 is 10.4 Å². The van der Waals surface area contributed by atoms with Crippen molar-refractivity contribution in [1.82, 2.24) is 5.32 Å². The van der Waals surface area contributed by atoms with Crippen LogP contribution in [0, 0.1) is 0 Å². The zero-order valence-electron chi connectivity index (χ0n) is 9.37.